The molecule has 0 aromatic heterocycles. The summed E-state index contributed by atoms with van der Waals surface area (Å²) in [5.74, 6) is 0. The molecule has 0 spiro atoms. The molecular weight excluding hydrogens is 272 g/mol. The van der Waals surface area contributed by atoms with Crippen molar-refractivity contribution in [2.45, 2.75) is 43.9 Å². The summed E-state index contributed by atoms with van der Waals surface area (Å²) in [7, 11) is -1.60. The molecule has 4 nitrogen and oxygen atoms in total. The molecule has 0 saturated heterocycles. The second kappa shape index (κ2) is 6.38. The van der Waals surface area contributed by atoms with E-state index in [1.807, 2.05) is 6.07 Å². The van der Waals surface area contributed by atoms with Crippen molar-refractivity contribution in [3.63, 3.8) is 0 Å². The van der Waals surface area contributed by atoms with Crippen molar-refractivity contribution in [2.75, 3.05) is 7.05 Å². The lowest BCUT2D eigenvalue weighted by molar-refractivity contribution is 0.423. The van der Waals surface area contributed by atoms with E-state index < -0.39 is 10.0 Å². The fourth-order valence-electron chi connectivity index (χ4n) is 2.70. The summed E-state index contributed by atoms with van der Waals surface area (Å²) < 4.78 is 26.4. The van der Waals surface area contributed by atoms with Crippen LogP contribution in [0.25, 0.3) is 0 Å². The molecule has 1 aliphatic carbocycles. The first-order valence-corrected chi connectivity index (χ1v) is 8.48. The quantitative estimate of drug-likeness (QED) is 0.857. The van der Waals surface area contributed by atoms with Crippen molar-refractivity contribution in [1.29, 1.82) is 5.26 Å². The molecule has 1 saturated carbocycles. The first kappa shape index (κ1) is 15.0. The SMILES string of the molecule is CN(Cc1cccc(C#N)c1)S(=O)(=O)C1CCCCC1. The second-order valence-corrected chi connectivity index (χ2v) is 7.69. The Hall–Kier alpha value is -1.38. The van der Waals surface area contributed by atoms with Gasteiger partial charge in [0.25, 0.3) is 0 Å². The van der Waals surface area contributed by atoms with Crippen LogP contribution < -0.4 is 0 Å². The van der Waals surface area contributed by atoms with Gasteiger partial charge in [0.1, 0.15) is 0 Å². The predicted octanol–water partition coefficient (Wildman–Crippen LogP) is 2.65. The van der Waals surface area contributed by atoms with E-state index in [4.69, 9.17) is 5.26 Å². The molecule has 0 atom stereocenters. The van der Waals surface area contributed by atoms with Crippen LogP contribution in [0.15, 0.2) is 24.3 Å². The largest absolute Gasteiger partial charge is 0.217 e. The van der Waals surface area contributed by atoms with E-state index >= 15 is 0 Å². The summed E-state index contributed by atoms with van der Waals surface area (Å²) in [4.78, 5) is 0. The molecule has 0 bridgehead atoms. The van der Waals surface area contributed by atoms with Crippen molar-refractivity contribution in [1.82, 2.24) is 4.31 Å². The number of rotatable bonds is 4. The highest BCUT2D eigenvalue weighted by Gasteiger charge is 2.30. The molecule has 0 heterocycles. The van der Waals surface area contributed by atoms with E-state index in [1.165, 1.54) is 4.31 Å². The van der Waals surface area contributed by atoms with Crippen molar-refractivity contribution in [3.05, 3.63) is 35.4 Å². The van der Waals surface area contributed by atoms with Gasteiger partial charge in [-0.05, 0) is 30.5 Å². The summed E-state index contributed by atoms with van der Waals surface area (Å²) >= 11 is 0. The fourth-order valence-corrected chi connectivity index (χ4v) is 4.47. The molecule has 1 aromatic carbocycles. The predicted molar refractivity (Wildman–Crippen MR) is 78.4 cm³/mol. The molecule has 0 radical (unpaired) electrons. The second-order valence-electron chi connectivity index (χ2n) is 5.37. The van der Waals surface area contributed by atoms with Gasteiger partial charge < -0.3 is 0 Å². The maximum Gasteiger partial charge on any atom is 0.217 e. The Morgan fingerprint density at radius 1 is 1.30 bits per heavy atom. The maximum atomic E-state index is 12.5. The standard InChI is InChI=1S/C15H20N2O2S/c1-17(12-14-7-5-6-13(10-14)11-16)20(18,19)15-8-3-2-4-9-15/h5-7,10,15H,2-4,8-9,12H2,1H3. The van der Waals surface area contributed by atoms with Gasteiger partial charge in [-0.3, -0.25) is 0 Å². The first-order valence-electron chi connectivity index (χ1n) is 6.98. The molecule has 1 aromatic rings. The summed E-state index contributed by atoms with van der Waals surface area (Å²) in [5, 5.41) is 8.64. The molecule has 108 valence electrons. The van der Waals surface area contributed by atoms with Crippen molar-refractivity contribution < 1.29 is 8.42 Å². The molecule has 0 N–H and O–H groups in total. The normalized spacial score (nSPS) is 17.1. The van der Waals surface area contributed by atoms with E-state index in [-0.39, 0.29) is 5.25 Å². The maximum absolute atomic E-state index is 12.5. The Balaban J connectivity index is 2.10. The molecule has 0 amide bonds. The van der Waals surface area contributed by atoms with Gasteiger partial charge in [-0.1, -0.05) is 31.4 Å². The fraction of sp³-hybridized carbons (Fsp3) is 0.533. The van der Waals surface area contributed by atoms with Crippen LogP contribution in [0.1, 0.15) is 43.2 Å². The smallest absolute Gasteiger partial charge is 0.212 e. The van der Waals surface area contributed by atoms with E-state index in [0.717, 1.165) is 37.7 Å². The summed E-state index contributed by atoms with van der Waals surface area (Å²) in [6.45, 7) is 0.328. The third-order valence-electron chi connectivity index (χ3n) is 3.87. The van der Waals surface area contributed by atoms with Crippen LogP contribution in [0.2, 0.25) is 0 Å². The van der Waals surface area contributed by atoms with Crippen LogP contribution in [0.3, 0.4) is 0 Å². The third kappa shape index (κ3) is 3.38. The van der Waals surface area contributed by atoms with E-state index in [9.17, 15) is 8.42 Å². The minimum atomic E-state index is -3.23. The van der Waals surface area contributed by atoms with Gasteiger partial charge in [-0.25, -0.2) is 12.7 Å². The Bertz CT molecular complexity index is 599. The minimum Gasteiger partial charge on any atom is -0.212 e. The Labute approximate surface area is 121 Å². The van der Waals surface area contributed by atoms with Crippen molar-refractivity contribution >= 4 is 10.0 Å². The number of nitriles is 1. The van der Waals surface area contributed by atoms with Gasteiger partial charge in [-0.2, -0.15) is 5.26 Å². The molecule has 0 aliphatic heterocycles. The highest BCUT2D eigenvalue weighted by Crippen LogP contribution is 2.26. The molecule has 1 aliphatic rings. The number of benzene rings is 1. The molecule has 20 heavy (non-hydrogen) atoms. The highest BCUT2D eigenvalue weighted by molar-refractivity contribution is 7.89. The first-order chi connectivity index (χ1) is 9.54. The van der Waals surface area contributed by atoms with Crippen LogP contribution >= 0.6 is 0 Å². The molecule has 1 fully saturated rings. The molecule has 2 rings (SSSR count). The lowest BCUT2D eigenvalue weighted by atomic mass is 10.0. The average Bonchev–Trinajstić information content (AvgIpc) is 2.48. The van der Waals surface area contributed by atoms with Crippen LogP contribution in [0.4, 0.5) is 0 Å². The van der Waals surface area contributed by atoms with E-state index in [1.54, 1.807) is 25.2 Å². The average molecular weight is 292 g/mol. The number of sulfonamides is 1. The van der Waals surface area contributed by atoms with Gasteiger partial charge in [0, 0.05) is 13.6 Å². The zero-order valence-corrected chi connectivity index (χ0v) is 12.6. The van der Waals surface area contributed by atoms with Gasteiger partial charge in [0.15, 0.2) is 0 Å². The zero-order chi connectivity index (χ0) is 14.6. The lowest BCUT2D eigenvalue weighted by Gasteiger charge is -2.27. The summed E-state index contributed by atoms with van der Waals surface area (Å²) in [6, 6.07) is 9.18. The zero-order valence-electron chi connectivity index (χ0n) is 11.7. The van der Waals surface area contributed by atoms with E-state index in [2.05, 4.69) is 6.07 Å². The molecule has 0 unspecified atom stereocenters. The van der Waals surface area contributed by atoms with Gasteiger partial charge >= 0.3 is 0 Å². The summed E-state index contributed by atoms with van der Waals surface area (Å²) in [5.41, 5.74) is 1.41. The number of nitrogens with zero attached hydrogens (tertiary/aromatic N) is 2. The minimum absolute atomic E-state index is 0.236. The number of hydrogen-bond donors (Lipinski definition) is 0. The summed E-state index contributed by atoms with van der Waals surface area (Å²) in [6.07, 6.45) is 4.68. The Morgan fingerprint density at radius 2 is 2.00 bits per heavy atom. The Morgan fingerprint density at radius 3 is 2.65 bits per heavy atom. The van der Waals surface area contributed by atoms with Crippen molar-refractivity contribution in [3.8, 4) is 6.07 Å². The van der Waals surface area contributed by atoms with Gasteiger partial charge in [0.05, 0.1) is 16.9 Å². The van der Waals surface area contributed by atoms with E-state index in [0.29, 0.717) is 12.1 Å². The van der Waals surface area contributed by atoms with Crippen LogP contribution in [0.5, 0.6) is 0 Å². The molecular formula is C15H20N2O2S. The number of hydrogen-bond acceptors (Lipinski definition) is 3. The van der Waals surface area contributed by atoms with Crippen LogP contribution in [0, 0.1) is 11.3 Å². The van der Waals surface area contributed by atoms with Gasteiger partial charge in [0.2, 0.25) is 10.0 Å². The molecule has 5 heteroatoms. The van der Waals surface area contributed by atoms with Crippen LogP contribution in [-0.2, 0) is 16.6 Å². The Kier molecular flexibility index (Phi) is 4.79. The third-order valence-corrected chi connectivity index (χ3v) is 6.18. The lowest BCUT2D eigenvalue weighted by Crippen LogP contribution is -2.36. The monoisotopic (exact) mass is 292 g/mol. The van der Waals surface area contributed by atoms with Gasteiger partial charge in [-0.15, -0.1) is 0 Å². The highest BCUT2D eigenvalue weighted by atomic mass is 32.2. The van der Waals surface area contributed by atoms with Crippen LogP contribution in [-0.4, -0.2) is 25.0 Å². The van der Waals surface area contributed by atoms with Crippen molar-refractivity contribution in [2.24, 2.45) is 0 Å². The topological polar surface area (TPSA) is 61.2 Å².